The number of rotatable bonds is 9. The minimum absolute atomic E-state index is 0.280. The molecule has 0 unspecified atom stereocenters. The van der Waals surface area contributed by atoms with E-state index in [2.05, 4.69) is 29.6 Å². The number of aliphatic hydroxyl groups is 1. The monoisotopic (exact) mass is 404 g/mol. The largest absolute Gasteiger partial charge is 0.478 e. The van der Waals surface area contributed by atoms with Crippen molar-refractivity contribution in [3.05, 3.63) is 89.5 Å². The van der Waals surface area contributed by atoms with Crippen LogP contribution in [0, 0.1) is 0 Å². The van der Waals surface area contributed by atoms with Gasteiger partial charge >= 0.3 is 5.97 Å². The molecule has 3 aromatic rings. The van der Waals surface area contributed by atoms with Gasteiger partial charge in [-0.1, -0.05) is 60.7 Å². The number of hydrogen-bond acceptors (Lipinski definition) is 4. The van der Waals surface area contributed by atoms with Crippen LogP contribution in [0.5, 0.6) is 0 Å². The minimum Gasteiger partial charge on any atom is -0.478 e. The third kappa shape index (κ3) is 5.47. The second-order valence-corrected chi connectivity index (χ2v) is 7.51. The fourth-order valence-corrected chi connectivity index (χ4v) is 3.39. The molecule has 5 heteroatoms. The summed E-state index contributed by atoms with van der Waals surface area (Å²) < 4.78 is 0. The first-order valence-electron chi connectivity index (χ1n) is 10.0. The molecule has 1 atom stereocenters. The maximum atomic E-state index is 11.3. The Bertz CT molecular complexity index is 969. The number of carboxylic acids is 1. The molecule has 5 nitrogen and oxygen atoms in total. The van der Waals surface area contributed by atoms with Crippen LogP contribution in [0.25, 0.3) is 11.1 Å². The average molecular weight is 405 g/mol. The third-order valence-corrected chi connectivity index (χ3v) is 5.10. The van der Waals surface area contributed by atoms with Crippen LogP contribution in [-0.2, 0) is 6.42 Å². The topological polar surface area (TPSA) is 72.8 Å². The lowest BCUT2D eigenvalue weighted by Crippen LogP contribution is -2.23. The number of hydrogen-bond donors (Lipinski definition) is 3. The zero-order chi connectivity index (χ0) is 21.5. The molecule has 0 aliphatic rings. The summed E-state index contributed by atoms with van der Waals surface area (Å²) in [5.41, 5.74) is 5.32. The van der Waals surface area contributed by atoms with Crippen LogP contribution in [0.15, 0.2) is 72.8 Å². The summed E-state index contributed by atoms with van der Waals surface area (Å²) >= 11 is 0. The van der Waals surface area contributed by atoms with Crippen molar-refractivity contribution in [2.45, 2.75) is 12.5 Å². The number of aromatic carboxylic acids is 1. The normalized spacial score (nSPS) is 11.8. The lowest BCUT2D eigenvalue weighted by atomic mass is 9.99. The maximum absolute atomic E-state index is 11.3. The highest BCUT2D eigenvalue weighted by Gasteiger charge is 2.12. The lowest BCUT2D eigenvalue weighted by Gasteiger charge is -2.18. The molecule has 0 heterocycles. The van der Waals surface area contributed by atoms with Crippen molar-refractivity contribution in [1.82, 2.24) is 5.32 Å². The molecule has 0 radical (unpaired) electrons. The molecule has 0 bridgehead atoms. The molecule has 0 spiro atoms. The number of carbonyl (C=O) groups is 1. The van der Waals surface area contributed by atoms with Gasteiger partial charge in [0.1, 0.15) is 0 Å². The number of benzene rings is 3. The third-order valence-electron chi connectivity index (χ3n) is 5.10. The standard InChI is InChI=1S/C25H28N2O3/c1-27(2)23-16-21(25(29)30)12-13-22(23)19-10-8-18(9-11-19)14-15-26-17-24(28)20-6-4-3-5-7-20/h3-13,16,24,26,28H,14-15,17H2,1-2H3,(H,29,30)/t24-/m0/s1. The Balaban J connectivity index is 1.59. The number of aliphatic hydroxyl groups excluding tert-OH is 1. The fourth-order valence-electron chi connectivity index (χ4n) is 3.39. The summed E-state index contributed by atoms with van der Waals surface area (Å²) in [5, 5.41) is 22.8. The minimum atomic E-state index is -0.926. The highest BCUT2D eigenvalue weighted by atomic mass is 16.4. The Kier molecular flexibility index (Phi) is 7.22. The summed E-state index contributed by atoms with van der Waals surface area (Å²) in [6.07, 6.45) is 0.354. The Morgan fingerprint density at radius 1 is 1.00 bits per heavy atom. The van der Waals surface area contributed by atoms with E-state index in [1.54, 1.807) is 12.1 Å². The van der Waals surface area contributed by atoms with E-state index >= 15 is 0 Å². The van der Waals surface area contributed by atoms with Crippen LogP contribution >= 0.6 is 0 Å². The Hall–Kier alpha value is -3.15. The molecule has 156 valence electrons. The summed E-state index contributed by atoms with van der Waals surface area (Å²) in [7, 11) is 3.82. The SMILES string of the molecule is CN(C)c1cc(C(=O)O)ccc1-c1ccc(CCNC[C@H](O)c2ccccc2)cc1. The Morgan fingerprint density at radius 3 is 2.33 bits per heavy atom. The van der Waals surface area contributed by atoms with Gasteiger partial charge in [0.15, 0.2) is 0 Å². The van der Waals surface area contributed by atoms with E-state index in [0.717, 1.165) is 35.3 Å². The quantitative estimate of drug-likeness (QED) is 0.471. The number of carboxylic acid groups (broad SMARTS) is 1. The molecule has 0 amide bonds. The van der Waals surface area contributed by atoms with Crippen molar-refractivity contribution >= 4 is 11.7 Å². The van der Waals surface area contributed by atoms with E-state index in [9.17, 15) is 15.0 Å². The van der Waals surface area contributed by atoms with Crippen molar-refractivity contribution in [3.8, 4) is 11.1 Å². The van der Waals surface area contributed by atoms with Gasteiger partial charge in [-0.05, 0) is 41.8 Å². The van der Waals surface area contributed by atoms with Crippen LogP contribution in [0.3, 0.4) is 0 Å². The second kappa shape index (κ2) is 10.1. The molecule has 0 aromatic heterocycles. The van der Waals surface area contributed by atoms with Crippen molar-refractivity contribution in [1.29, 1.82) is 0 Å². The van der Waals surface area contributed by atoms with E-state index in [0.29, 0.717) is 6.54 Å². The molecular formula is C25H28N2O3. The number of anilines is 1. The van der Waals surface area contributed by atoms with E-state index in [-0.39, 0.29) is 5.56 Å². The van der Waals surface area contributed by atoms with Gasteiger partial charge in [0.2, 0.25) is 0 Å². The molecule has 0 saturated heterocycles. The van der Waals surface area contributed by atoms with E-state index in [1.807, 2.05) is 55.4 Å². The molecule has 30 heavy (non-hydrogen) atoms. The van der Waals surface area contributed by atoms with Gasteiger partial charge in [-0.2, -0.15) is 0 Å². The Morgan fingerprint density at radius 2 is 1.70 bits per heavy atom. The van der Waals surface area contributed by atoms with Crippen LogP contribution in [0.2, 0.25) is 0 Å². The highest BCUT2D eigenvalue weighted by molar-refractivity contribution is 5.92. The molecule has 3 aromatic carbocycles. The van der Waals surface area contributed by atoms with Crippen LogP contribution in [0.1, 0.15) is 27.6 Å². The smallest absolute Gasteiger partial charge is 0.335 e. The predicted molar refractivity (Wildman–Crippen MR) is 121 cm³/mol. The zero-order valence-electron chi connectivity index (χ0n) is 17.4. The predicted octanol–water partition coefficient (Wildman–Crippen LogP) is 3.98. The first-order chi connectivity index (χ1) is 14.5. The van der Waals surface area contributed by atoms with Gasteiger partial charge in [0, 0.05) is 31.9 Å². The molecule has 3 rings (SSSR count). The van der Waals surface area contributed by atoms with Crippen molar-refractivity contribution in [2.75, 3.05) is 32.1 Å². The first kappa shape index (κ1) is 21.6. The van der Waals surface area contributed by atoms with Crippen molar-refractivity contribution in [2.24, 2.45) is 0 Å². The summed E-state index contributed by atoms with van der Waals surface area (Å²) in [5.74, 6) is -0.926. The van der Waals surface area contributed by atoms with Gasteiger partial charge in [-0.15, -0.1) is 0 Å². The summed E-state index contributed by atoms with van der Waals surface area (Å²) in [6.45, 7) is 1.30. The van der Waals surface area contributed by atoms with Crippen molar-refractivity contribution in [3.63, 3.8) is 0 Å². The molecule has 0 aliphatic heterocycles. The van der Waals surface area contributed by atoms with Gasteiger partial charge in [-0.25, -0.2) is 4.79 Å². The fraction of sp³-hybridized carbons (Fsp3) is 0.240. The first-order valence-corrected chi connectivity index (χ1v) is 10.0. The van der Waals surface area contributed by atoms with Gasteiger partial charge in [-0.3, -0.25) is 0 Å². The van der Waals surface area contributed by atoms with Crippen LogP contribution in [0.4, 0.5) is 5.69 Å². The zero-order valence-corrected chi connectivity index (χ0v) is 17.4. The maximum Gasteiger partial charge on any atom is 0.335 e. The van der Waals surface area contributed by atoms with E-state index in [4.69, 9.17) is 0 Å². The van der Waals surface area contributed by atoms with E-state index < -0.39 is 12.1 Å². The highest BCUT2D eigenvalue weighted by Crippen LogP contribution is 2.31. The second-order valence-electron chi connectivity index (χ2n) is 7.51. The molecule has 0 saturated carbocycles. The lowest BCUT2D eigenvalue weighted by molar-refractivity contribution is 0.0697. The van der Waals surface area contributed by atoms with E-state index in [1.165, 1.54) is 5.56 Å². The van der Waals surface area contributed by atoms with Gasteiger partial charge < -0.3 is 20.4 Å². The number of nitrogens with one attached hydrogen (secondary N) is 1. The molecule has 3 N–H and O–H groups in total. The van der Waals surface area contributed by atoms with Gasteiger partial charge in [0.05, 0.1) is 11.7 Å². The van der Waals surface area contributed by atoms with Crippen LogP contribution < -0.4 is 10.2 Å². The molecule has 0 aliphatic carbocycles. The van der Waals surface area contributed by atoms with Crippen LogP contribution in [-0.4, -0.2) is 43.4 Å². The molecular weight excluding hydrogens is 376 g/mol. The summed E-state index contributed by atoms with van der Waals surface area (Å²) in [6, 6.07) is 23.2. The van der Waals surface area contributed by atoms with Crippen molar-refractivity contribution < 1.29 is 15.0 Å². The Labute approximate surface area is 177 Å². The van der Waals surface area contributed by atoms with Gasteiger partial charge in [0.25, 0.3) is 0 Å². The molecule has 0 fully saturated rings. The average Bonchev–Trinajstić information content (AvgIpc) is 2.77. The summed E-state index contributed by atoms with van der Waals surface area (Å²) in [4.78, 5) is 13.2. The number of nitrogens with zero attached hydrogens (tertiary/aromatic N) is 1.